The molecule has 0 aliphatic carbocycles. The van der Waals surface area contributed by atoms with E-state index in [0.717, 1.165) is 33.0 Å². The largest absolute Gasteiger partial charge is 0.146 e. The maximum Gasteiger partial charge on any atom is 0.146 e. The lowest BCUT2D eigenvalue weighted by Crippen LogP contribution is -2.43. The number of rotatable bonds is 6. The summed E-state index contributed by atoms with van der Waals surface area (Å²) in [5.74, 6) is 15.0. The van der Waals surface area contributed by atoms with E-state index in [1.807, 2.05) is 0 Å². The van der Waals surface area contributed by atoms with Crippen LogP contribution in [-0.4, -0.2) is 32.3 Å². The Labute approximate surface area is 289 Å². The molecule has 0 aromatic heterocycles. The topological polar surface area (TPSA) is 0 Å². The Morgan fingerprint density at radius 1 is 0.348 bits per heavy atom. The predicted octanol–water partition coefficient (Wildman–Crippen LogP) is 12.4. The summed E-state index contributed by atoms with van der Waals surface area (Å²) in [6, 6.07) is 8.91. The minimum atomic E-state index is -1.94. The quantitative estimate of drug-likeness (QED) is 0.210. The van der Waals surface area contributed by atoms with Gasteiger partial charge in [-0.2, -0.15) is 0 Å². The van der Waals surface area contributed by atoms with E-state index < -0.39 is 32.3 Å². The number of fused-ring (bicyclic) bond motifs is 1. The zero-order valence-electron chi connectivity index (χ0n) is 32.8. The van der Waals surface area contributed by atoms with Crippen LogP contribution in [0.1, 0.15) is 105 Å². The normalized spacial score (nSPS) is 12.6. The molecule has 0 saturated carbocycles. The fourth-order valence-corrected chi connectivity index (χ4v) is 19.1. The first-order valence-electron chi connectivity index (χ1n) is 17.7. The van der Waals surface area contributed by atoms with Crippen LogP contribution in [-0.2, 0) is 0 Å². The highest BCUT2D eigenvalue weighted by Crippen LogP contribution is 2.42. The van der Waals surface area contributed by atoms with Gasteiger partial charge in [-0.05, 0) is 57.5 Å². The van der Waals surface area contributed by atoms with E-state index in [2.05, 4.69) is 192 Å². The number of hydrogen-bond donors (Lipinski definition) is 0. The molecule has 0 radical (unpaired) electrons. The van der Waals surface area contributed by atoms with Gasteiger partial charge in [-0.1, -0.05) is 146 Å². The van der Waals surface area contributed by atoms with Crippen molar-refractivity contribution in [1.29, 1.82) is 0 Å². The molecule has 0 spiro atoms. The van der Waals surface area contributed by atoms with E-state index in [1.165, 1.54) is 0 Å². The predicted molar refractivity (Wildman–Crippen MR) is 220 cm³/mol. The van der Waals surface area contributed by atoms with E-state index in [0.29, 0.717) is 33.2 Å². The highest BCUT2D eigenvalue weighted by Gasteiger charge is 2.42. The molecule has 0 atom stereocenters. The highest BCUT2D eigenvalue weighted by atomic mass is 28.3. The van der Waals surface area contributed by atoms with Crippen molar-refractivity contribution in [3.8, 4) is 45.9 Å². The van der Waals surface area contributed by atoms with E-state index >= 15 is 0 Å². The summed E-state index contributed by atoms with van der Waals surface area (Å²) in [5, 5.41) is 2.30. The Hall–Kier alpha value is -2.19. The van der Waals surface area contributed by atoms with Gasteiger partial charge in [-0.15, -0.1) is 22.2 Å². The standard InChI is InChI=1S/C42H64Si4/c1-31(2)45(32(3)4,33(5)6)29-25-39-21-22-40(26-30-46(34(7)8,35(9)10)36(11)12)42-38(24-28-44(16,17)18)20-19-37(41(39)42)23-27-43(13,14)15/h19-22,31-36H,1-18H3. The first kappa shape index (κ1) is 40.0. The lowest BCUT2D eigenvalue weighted by atomic mass is 9.92. The zero-order chi connectivity index (χ0) is 35.4. The Morgan fingerprint density at radius 3 is 0.717 bits per heavy atom. The van der Waals surface area contributed by atoms with Gasteiger partial charge in [0, 0.05) is 33.0 Å². The van der Waals surface area contributed by atoms with Crippen LogP contribution in [0, 0.1) is 45.9 Å². The molecule has 0 heterocycles. The molecule has 2 aromatic carbocycles. The maximum absolute atomic E-state index is 4.03. The summed E-state index contributed by atoms with van der Waals surface area (Å²) in [6.07, 6.45) is 0. The molecule has 0 bridgehead atoms. The molecule has 0 aliphatic heterocycles. The van der Waals surface area contributed by atoms with Crippen molar-refractivity contribution in [3.05, 3.63) is 46.5 Å². The van der Waals surface area contributed by atoms with Gasteiger partial charge in [-0.25, -0.2) is 0 Å². The third kappa shape index (κ3) is 9.03. The number of hydrogen-bond acceptors (Lipinski definition) is 0. The van der Waals surface area contributed by atoms with Crippen LogP contribution in [0.2, 0.25) is 72.5 Å². The van der Waals surface area contributed by atoms with Gasteiger partial charge in [0.1, 0.15) is 32.3 Å². The van der Waals surface area contributed by atoms with Crippen molar-refractivity contribution in [2.75, 3.05) is 0 Å². The minimum absolute atomic E-state index is 0.571. The fourth-order valence-electron chi connectivity index (χ4n) is 7.64. The first-order valence-corrected chi connectivity index (χ1v) is 29.2. The van der Waals surface area contributed by atoms with Crippen LogP contribution in [0.15, 0.2) is 24.3 Å². The maximum atomic E-state index is 4.03. The molecule has 0 unspecified atom stereocenters. The molecular weight excluding hydrogens is 617 g/mol. The Balaban J connectivity index is 3.29. The molecule has 0 nitrogen and oxygen atoms in total. The van der Waals surface area contributed by atoms with Gasteiger partial charge in [-0.3, -0.25) is 0 Å². The van der Waals surface area contributed by atoms with Crippen LogP contribution in [0.5, 0.6) is 0 Å². The SMILES string of the molecule is CC(C)[Si](C#Cc1ccc(C#C[Si](C(C)C)(C(C)C)C(C)C)c2c(C#C[Si](C)(C)C)ccc(C#C[Si](C)(C)C)c12)(C(C)C)C(C)C. The summed E-state index contributed by atoms with van der Waals surface area (Å²) in [6.45, 7) is 42.6. The average Bonchev–Trinajstić information content (AvgIpc) is 2.89. The lowest BCUT2D eigenvalue weighted by molar-refractivity contribution is 0.838. The van der Waals surface area contributed by atoms with Crippen LogP contribution in [0.25, 0.3) is 10.8 Å². The molecule has 0 saturated heterocycles. The van der Waals surface area contributed by atoms with Crippen molar-refractivity contribution in [3.63, 3.8) is 0 Å². The van der Waals surface area contributed by atoms with Crippen LogP contribution < -0.4 is 0 Å². The lowest BCUT2D eigenvalue weighted by Gasteiger charge is -2.38. The smallest absolute Gasteiger partial charge is 0.127 e. The van der Waals surface area contributed by atoms with Gasteiger partial charge in [0.2, 0.25) is 0 Å². The van der Waals surface area contributed by atoms with Gasteiger partial charge in [0.15, 0.2) is 0 Å². The summed E-state index contributed by atoms with van der Waals surface area (Å²) >= 11 is 0. The first-order chi connectivity index (χ1) is 21.0. The second kappa shape index (κ2) is 15.4. The molecule has 4 heteroatoms. The molecule has 2 aromatic rings. The molecule has 2 rings (SSSR count). The van der Waals surface area contributed by atoms with E-state index in [4.69, 9.17) is 0 Å². The van der Waals surface area contributed by atoms with Crippen molar-refractivity contribution in [1.82, 2.24) is 0 Å². The van der Waals surface area contributed by atoms with Gasteiger partial charge < -0.3 is 0 Å². The summed E-state index contributed by atoms with van der Waals surface area (Å²) in [7, 11) is -7.12. The third-order valence-corrected chi connectivity index (χ3v) is 24.2. The molecule has 0 fully saturated rings. The molecule has 0 N–H and O–H groups in total. The van der Waals surface area contributed by atoms with E-state index in [1.54, 1.807) is 0 Å². The summed E-state index contributed by atoms with van der Waals surface area (Å²) in [4.78, 5) is 0. The second-order valence-corrected chi connectivity index (χ2v) is 38.0. The monoisotopic (exact) mass is 680 g/mol. The molecule has 248 valence electrons. The molecule has 0 amide bonds. The summed E-state index contributed by atoms with van der Waals surface area (Å²) < 4.78 is 0. The molecule has 0 aliphatic rings. The highest BCUT2D eigenvalue weighted by molar-refractivity contribution is 6.91. The third-order valence-electron chi connectivity index (χ3n) is 9.86. The van der Waals surface area contributed by atoms with Gasteiger partial charge >= 0.3 is 0 Å². The van der Waals surface area contributed by atoms with Crippen molar-refractivity contribution in [2.45, 2.75) is 156 Å². The zero-order valence-corrected chi connectivity index (χ0v) is 36.8. The van der Waals surface area contributed by atoms with E-state index in [9.17, 15) is 0 Å². The molecular formula is C42H64Si4. The molecule has 46 heavy (non-hydrogen) atoms. The Kier molecular flexibility index (Phi) is 13.3. The van der Waals surface area contributed by atoms with Gasteiger partial charge in [0.25, 0.3) is 0 Å². The second-order valence-electron chi connectivity index (χ2n) is 17.4. The van der Waals surface area contributed by atoms with E-state index in [-0.39, 0.29) is 0 Å². The van der Waals surface area contributed by atoms with Crippen LogP contribution in [0.3, 0.4) is 0 Å². The van der Waals surface area contributed by atoms with Crippen molar-refractivity contribution in [2.24, 2.45) is 0 Å². The van der Waals surface area contributed by atoms with Crippen LogP contribution in [0.4, 0.5) is 0 Å². The summed E-state index contributed by atoms with van der Waals surface area (Å²) in [5.41, 5.74) is 23.1. The van der Waals surface area contributed by atoms with Crippen LogP contribution >= 0.6 is 0 Å². The fraction of sp³-hybridized carbons (Fsp3) is 0.571. The van der Waals surface area contributed by atoms with Gasteiger partial charge in [0.05, 0.1) is 0 Å². The Bertz CT molecular complexity index is 1470. The number of benzene rings is 2. The Morgan fingerprint density at radius 2 is 0.543 bits per heavy atom. The minimum Gasteiger partial charge on any atom is -0.127 e. The average molecular weight is 681 g/mol. The van der Waals surface area contributed by atoms with Crippen molar-refractivity contribution < 1.29 is 0 Å². The van der Waals surface area contributed by atoms with Crippen molar-refractivity contribution >= 4 is 43.1 Å².